The predicted molar refractivity (Wildman–Crippen MR) is 113 cm³/mol. The summed E-state index contributed by atoms with van der Waals surface area (Å²) in [7, 11) is 0. The first-order valence-electron chi connectivity index (χ1n) is 11.1. The van der Waals surface area contributed by atoms with Gasteiger partial charge in [0.1, 0.15) is 5.75 Å². The van der Waals surface area contributed by atoms with Crippen LogP contribution in [0.25, 0.3) is 0 Å². The van der Waals surface area contributed by atoms with Crippen molar-refractivity contribution in [3.63, 3.8) is 0 Å². The standard InChI is InChI=1S/C23H31N3O4/c1-17-6-11-25(12-7-17)23(29)18-8-13-24(14-9-18)21(27)10-15-26-19-4-2-3-5-20(19)30-16-22(26)28/h2-5,17-18H,6-16H2,1H3. The summed E-state index contributed by atoms with van der Waals surface area (Å²) in [5.41, 5.74) is 0.724. The number of carbonyl (C=O) groups is 3. The van der Waals surface area contributed by atoms with Crippen molar-refractivity contribution in [3.05, 3.63) is 24.3 Å². The van der Waals surface area contributed by atoms with Gasteiger partial charge in [0.2, 0.25) is 11.8 Å². The number of fused-ring (bicyclic) bond motifs is 1. The van der Waals surface area contributed by atoms with Crippen molar-refractivity contribution in [1.82, 2.24) is 9.80 Å². The number of nitrogens with zero attached hydrogens (tertiary/aromatic N) is 3. The molecule has 0 spiro atoms. The second kappa shape index (κ2) is 9.06. The molecule has 0 unspecified atom stereocenters. The molecule has 7 nitrogen and oxygen atoms in total. The number of anilines is 1. The molecule has 0 atom stereocenters. The Morgan fingerprint density at radius 1 is 1.00 bits per heavy atom. The van der Waals surface area contributed by atoms with Gasteiger partial charge in [-0.05, 0) is 43.7 Å². The molecule has 1 aromatic rings. The van der Waals surface area contributed by atoms with Gasteiger partial charge in [-0.15, -0.1) is 0 Å². The fourth-order valence-electron chi connectivity index (χ4n) is 4.63. The number of benzene rings is 1. The highest BCUT2D eigenvalue weighted by atomic mass is 16.5. The lowest BCUT2D eigenvalue weighted by molar-refractivity contribution is -0.141. The lowest BCUT2D eigenvalue weighted by Gasteiger charge is -2.37. The van der Waals surface area contributed by atoms with Crippen LogP contribution in [0.4, 0.5) is 5.69 Å². The molecule has 0 radical (unpaired) electrons. The number of rotatable bonds is 4. The van der Waals surface area contributed by atoms with Crippen molar-refractivity contribution >= 4 is 23.4 Å². The van der Waals surface area contributed by atoms with Crippen molar-refractivity contribution in [2.45, 2.75) is 39.0 Å². The van der Waals surface area contributed by atoms with Crippen LogP contribution in [0.3, 0.4) is 0 Å². The van der Waals surface area contributed by atoms with E-state index in [1.807, 2.05) is 34.1 Å². The molecule has 3 heterocycles. The highest BCUT2D eigenvalue weighted by Crippen LogP contribution is 2.31. The van der Waals surface area contributed by atoms with Gasteiger partial charge in [0.15, 0.2) is 6.61 Å². The van der Waals surface area contributed by atoms with Crippen LogP contribution in [0.1, 0.15) is 39.0 Å². The largest absolute Gasteiger partial charge is 0.482 e. The van der Waals surface area contributed by atoms with E-state index < -0.39 is 0 Å². The molecule has 7 heteroatoms. The van der Waals surface area contributed by atoms with Crippen LogP contribution in [0.15, 0.2) is 24.3 Å². The van der Waals surface area contributed by atoms with Crippen molar-refractivity contribution in [1.29, 1.82) is 0 Å². The molecule has 2 saturated heterocycles. The van der Waals surface area contributed by atoms with E-state index in [1.165, 1.54) is 0 Å². The first-order chi connectivity index (χ1) is 14.5. The molecule has 4 rings (SSSR count). The molecule has 0 bridgehead atoms. The SMILES string of the molecule is CC1CCN(C(=O)C2CCN(C(=O)CCN3C(=O)COc4ccccc43)CC2)CC1. The fourth-order valence-corrected chi connectivity index (χ4v) is 4.63. The molecular formula is C23H31N3O4. The van der Waals surface area contributed by atoms with Crippen LogP contribution in [0.5, 0.6) is 5.75 Å². The van der Waals surface area contributed by atoms with Crippen LogP contribution in [-0.2, 0) is 14.4 Å². The Labute approximate surface area is 177 Å². The normalized spacial score (nSPS) is 20.7. The zero-order chi connectivity index (χ0) is 21.1. The Morgan fingerprint density at radius 2 is 1.67 bits per heavy atom. The number of likely N-dealkylation sites (tertiary alicyclic amines) is 2. The van der Waals surface area contributed by atoms with Gasteiger partial charge in [-0.3, -0.25) is 14.4 Å². The minimum atomic E-state index is -0.123. The average Bonchev–Trinajstić information content (AvgIpc) is 2.78. The van der Waals surface area contributed by atoms with Gasteiger partial charge in [-0.1, -0.05) is 19.1 Å². The molecule has 3 amide bonds. The summed E-state index contributed by atoms with van der Waals surface area (Å²) in [4.78, 5) is 43.3. The second-order valence-corrected chi connectivity index (χ2v) is 8.71. The van der Waals surface area contributed by atoms with Gasteiger partial charge >= 0.3 is 0 Å². The zero-order valence-electron chi connectivity index (χ0n) is 17.7. The minimum absolute atomic E-state index is 0.00792. The second-order valence-electron chi connectivity index (χ2n) is 8.71. The lowest BCUT2D eigenvalue weighted by atomic mass is 9.92. The minimum Gasteiger partial charge on any atom is -0.482 e. The van der Waals surface area contributed by atoms with Crippen LogP contribution in [-0.4, -0.2) is 66.9 Å². The Morgan fingerprint density at radius 3 is 2.40 bits per heavy atom. The highest BCUT2D eigenvalue weighted by molar-refractivity contribution is 5.98. The van der Waals surface area contributed by atoms with Gasteiger partial charge in [-0.25, -0.2) is 0 Å². The molecule has 0 aromatic heterocycles. The Hall–Kier alpha value is -2.57. The third kappa shape index (κ3) is 4.45. The summed E-state index contributed by atoms with van der Waals surface area (Å²) < 4.78 is 5.46. The van der Waals surface area contributed by atoms with Crippen molar-refractivity contribution in [2.24, 2.45) is 11.8 Å². The van der Waals surface area contributed by atoms with Crippen molar-refractivity contribution in [3.8, 4) is 5.75 Å². The van der Waals surface area contributed by atoms with Crippen molar-refractivity contribution in [2.75, 3.05) is 44.2 Å². The fraction of sp³-hybridized carbons (Fsp3) is 0.609. The maximum atomic E-state index is 12.8. The topological polar surface area (TPSA) is 70.2 Å². The maximum absolute atomic E-state index is 12.8. The molecular weight excluding hydrogens is 382 g/mol. The van der Waals surface area contributed by atoms with E-state index in [-0.39, 0.29) is 36.7 Å². The summed E-state index contributed by atoms with van der Waals surface area (Å²) in [6, 6.07) is 7.41. The zero-order valence-corrected chi connectivity index (χ0v) is 17.7. The number of hydrogen-bond acceptors (Lipinski definition) is 4. The molecule has 3 aliphatic heterocycles. The first-order valence-corrected chi connectivity index (χ1v) is 11.1. The van der Waals surface area contributed by atoms with Gasteiger partial charge in [0, 0.05) is 45.1 Å². The first kappa shape index (κ1) is 20.7. The van der Waals surface area contributed by atoms with E-state index in [4.69, 9.17) is 4.74 Å². The van der Waals surface area contributed by atoms with E-state index in [9.17, 15) is 14.4 Å². The molecule has 0 saturated carbocycles. The van der Waals surface area contributed by atoms with Crippen LogP contribution >= 0.6 is 0 Å². The Balaban J connectivity index is 1.26. The van der Waals surface area contributed by atoms with Crippen LogP contribution < -0.4 is 9.64 Å². The molecule has 162 valence electrons. The van der Waals surface area contributed by atoms with Gasteiger partial charge < -0.3 is 19.4 Å². The van der Waals surface area contributed by atoms with E-state index in [1.54, 1.807) is 4.90 Å². The average molecular weight is 414 g/mol. The number of amides is 3. The highest BCUT2D eigenvalue weighted by Gasteiger charge is 2.32. The summed E-state index contributed by atoms with van der Waals surface area (Å²) >= 11 is 0. The quantitative estimate of drug-likeness (QED) is 0.760. The van der Waals surface area contributed by atoms with Gasteiger partial charge in [0.05, 0.1) is 5.69 Å². The number of ether oxygens (including phenoxy) is 1. The predicted octanol–water partition coefficient (Wildman–Crippen LogP) is 2.30. The maximum Gasteiger partial charge on any atom is 0.265 e. The Kier molecular flexibility index (Phi) is 6.25. The van der Waals surface area contributed by atoms with Crippen LogP contribution in [0.2, 0.25) is 0 Å². The van der Waals surface area contributed by atoms with Crippen LogP contribution in [0, 0.1) is 11.8 Å². The molecule has 0 N–H and O–H groups in total. The smallest absolute Gasteiger partial charge is 0.265 e. The van der Waals surface area contributed by atoms with Gasteiger partial charge in [0.25, 0.3) is 5.91 Å². The molecule has 2 fully saturated rings. The molecule has 1 aromatic carbocycles. The monoisotopic (exact) mass is 413 g/mol. The summed E-state index contributed by atoms with van der Waals surface area (Å²) in [6.45, 7) is 5.58. The summed E-state index contributed by atoms with van der Waals surface area (Å²) in [6.07, 6.45) is 3.92. The summed E-state index contributed by atoms with van der Waals surface area (Å²) in [5, 5.41) is 0. The number of para-hydroxylation sites is 2. The molecule has 30 heavy (non-hydrogen) atoms. The van der Waals surface area contributed by atoms with Gasteiger partial charge in [-0.2, -0.15) is 0 Å². The number of carbonyl (C=O) groups excluding carboxylic acids is 3. The molecule has 0 aliphatic carbocycles. The van der Waals surface area contributed by atoms with Crippen molar-refractivity contribution < 1.29 is 19.1 Å². The lowest BCUT2D eigenvalue weighted by Crippen LogP contribution is -2.47. The van der Waals surface area contributed by atoms with E-state index >= 15 is 0 Å². The third-order valence-electron chi connectivity index (χ3n) is 6.65. The summed E-state index contributed by atoms with van der Waals surface area (Å²) in [5.74, 6) is 1.61. The van der Waals surface area contributed by atoms with E-state index in [0.717, 1.165) is 44.5 Å². The Bertz CT molecular complexity index is 795. The molecule has 3 aliphatic rings. The van der Waals surface area contributed by atoms with E-state index in [2.05, 4.69) is 6.92 Å². The number of hydrogen-bond donors (Lipinski definition) is 0. The third-order valence-corrected chi connectivity index (χ3v) is 6.65. The number of piperidine rings is 2. The van der Waals surface area contributed by atoms with E-state index in [0.29, 0.717) is 31.3 Å².